The maximum atomic E-state index is 12.9. The molecule has 0 spiro atoms. The van der Waals surface area contributed by atoms with Crippen molar-refractivity contribution < 1.29 is 27.8 Å². The van der Waals surface area contributed by atoms with Crippen LogP contribution >= 0.6 is 0 Å². The summed E-state index contributed by atoms with van der Waals surface area (Å²) in [6.45, 7) is 0.200. The number of nitrogens with one attached hydrogen (secondary N) is 1. The molecule has 1 fully saturated rings. The van der Waals surface area contributed by atoms with E-state index in [1.165, 1.54) is 0 Å². The lowest BCUT2D eigenvalue weighted by Crippen LogP contribution is -2.43. The lowest BCUT2D eigenvalue weighted by molar-refractivity contribution is -0.258. The molecule has 29 heavy (non-hydrogen) atoms. The third kappa shape index (κ3) is 3.71. The number of carbonyl (C=O) groups is 1. The number of rotatable bonds is 4. The van der Waals surface area contributed by atoms with Crippen molar-refractivity contribution in [1.82, 2.24) is 5.32 Å². The van der Waals surface area contributed by atoms with Crippen LogP contribution in [0.2, 0.25) is 0 Å². The van der Waals surface area contributed by atoms with Crippen molar-refractivity contribution in [3.05, 3.63) is 59.7 Å². The van der Waals surface area contributed by atoms with Gasteiger partial charge in [-0.2, -0.15) is 13.2 Å². The molecule has 2 aromatic carbocycles. The number of benzene rings is 2. The van der Waals surface area contributed by atoms with E-state index in [0.717, 1.165) is 22.3 Å². The van der Waals surface area contributed by atoms with Crippen molar-refractivity contribution in [3.8, 4) is 11.1 Å². The molecule has 154 valence electrons. The van der Waals surface area contributed by atoms with Crippen LogP contribution in [0.1, 0.15) is 36.3 Å². The Balaban J connectivity index is 1.33. The predicted molar refractivity (Wildman–Crippen MR) is 101 cm³/mol. The molecule has 2 aromatic rings. The average Bonchev–Trinajstić information content (AvgIpc) is 3.24. The number of hydrogen-bond donors (Lipinski definition) is 2. The number of alkyl carbamates (subject to hydrolysis) is 1. The number of hydrogen-bond acceptors (Lipinski definition) is 3. The zero-order valence-corrected chi connectivity index (χ0v) is 15.7. The Bertz CT molecular complexity index is 869. The van der Waals surface area contributed by atoms with Crippen molar-refractivity contribution >= 4 is 6.09 Å². The van der Waals surface area contributed by atoms with Crippen LogP contribution in [0.15, 0.2) is 48.5 Å². The van der Waals surface area contributed by atoms with Crippen LogP contribution < -0.4 is 5.32 Å². The summed E-state index contributed by atoms with van der Waals surface area (Å²) in [5.74, 6) is -0.503. The second-order valence-electron chi connectivity index (χ2n) is 7.84. The Hall–Kier alpha value is -2.54. The molecule has 2 N–H and O–H groups in total. The van der Waals surface area contributed by atoms with Crippen LogP contribution in [0.3, 0.4) is 0 Å². The molecule has 0 saturated heterocycles. The van der Waals surface area contributed by atoms with Crippen molar-refractivity contribution in [1.29, 1.82) is 0 Å². The van der Waals surface area contributed by atoms with Gasteiger partial charge in [0.15, 0.2) is 5.60 Å². The second-order valence-corrected chi connectivity index (χ2v) is 7.84. The van der Waals surface area contributed by atoms with Crippen molar-refractivity contribution in [2.45, 2.75) is 37.0 Å². The fraction of sp³-hybridized carbons (Fsp3) is 0.409. The summed E-state index contributed by atoms with van der Waals surface area (Å²) in [6.07, 6.45) is -5.84. The van der Waals surface area contributed by atoms with Gasteiger partial charge in [-0.1, -0.05) is 48.5 Å². The zero-order chi connectivity index (χ0) is 20.6. The number of amides is 1. The van der Waals surface area contributed by atoms with E-state index in [9.17, 15) is 23.1 Å². The number of fused-ring (bicyclic) bond motifs is 3. The van der Waals surface area contributed by atoms with Gasteiger partial charge in [0.1, 0.15) is 6.61 Å². The molecule has 2 aliphatic carbocycles. The van der Waals surface area contributed by atoms with Crippen molar-refractivity contribution in [2.24, 2.45) is 5.92 Å². The SMILES string of the molecule is O=C(NCC1CCC(O)(C(F)(F)F)C1)OCC1c2ccccc2-c2ccccc21. The highest BCUT2D eigenvalue weighted by molar-refractivity contribution is 5.79. The summed E-state index contributed by atoms with van der Waals surface area (Å²) in [6, 6.07) is 15.9. The quantitative estimate of drug-likeness (QED) is 0.781. The monoisotopic (exact) mass is 405 g/mol. The Morgan fingerprint density at radius 1 is 1.10 bits per heavy atom. The first-order chi connectivity index (χ1) is 13.8. The smallest absolute Gasteiger partial charge is 0.417 e. The third-order valence-corrected chi connectivity index (χ3v) is 6.00. The van der Waals surface area contributed by atoms with Gasteiger partial charge in [-0.25, -0.2) is 4.79 Å². The van der Waals surface area contributed by atoms with Crippen LogP contribution in [0.5, 0.6) is 0 Å². The first-order valence-electron chi connectivity index (χ1n) is 9.66. The molecule has 0 heterocycles. The minimum Gasteiger partial charge on any atom is -0.449 e. The Kier molecular flexibility index (Phi) is 5.02. The Labute approximate surface area is 166 Å². The number of aliphatic hydroxyl groups is 1. The van der Waals surface area contributed by atoms with Crippen molar-refractivity contribution in [2.75, 3.05) is 13.2 Å². The standard InChI is InChI=1S/C22H22F3NO3/c23-22(24,25)21(28)10-9-14(11-21)12-26-20(27)29-13-19-17-7-3-1-5-15(17)16-6-2-4-8-18(16)19/h1-8,14,19,28H,9-13H2,(H,26,27). The van der Waals surface area contributed by atoms with Gasteiger partial charge >= 0.3 is 12.3 Å². The lowest BCUT2D eigenvalue weighted by atomic mass is 9.98. The van der Waals surface area contributed by atoms with Gasteiger partial charge in [-0.05, 0) is 47.4 Å². The van der Waals surface area contributed by atoms with Crippen molar-refractivity contribution in [3.63, 3.8) is 0 Å². The molecule has 2 atom stereocenters. The highest BCUT2D eigenvalue weighted by atomic mass is 19.4. The molecular weight excluding hydrogens is 383 g/mol. The summed E-state index contributed by atoms with van der Waals surface area (Å²) in [7, 11) is 0. The van der Waals surface area contributed by atoms with E-state index in [1.807, 2.05) is 48.5 Å². The van der Waals surface area contributed by atoms with Crippen LogP contribution in [0, 0.1) is 5.92 Å². The summed E-state index contributed by atoms with van der Waals surface area (Å²) < 4.78 is 44.1. The Morgan fingerprint density at radius 2 is 1.69 bits per heavy atom. The summed E-state index contributed by atoms with van der Waals surface area (Å²) in [5, 5.41) is 12.3. The van der Waals surface area contributed by atoms with E-state index in [2.05, 4.69) is 5.32 Å². The normalized spacial score (nSPS) is 23.5. The van der Waals surface area contributed by atoms with E-state index >= 15 is 0 Å². The predicted octanol–water partition coefficient (Wildman–Crippen LogP) is 4.62. The average molecular weight is 405 g/mol. The van der Waals surface area contributed by atoms with Gasteiger partial charge in [-0.15, -0.1) is 0 Å². The van der Waals surface area contributed by atoms with Gasteiger partial charge < -0.3 is 15.2 Å². The molecule has 0 aliphatic heterocycles. The molecule has 0 radical (unpaired) electrons. The zero-order valence-electron chi connectivity index (χ0n) is 15.7. The molecule has 4 rings (SSSR count). The molecule has 2 unspecified atom stereocenters. The highest BCUT2D eigenvalue weighted by Crippen LogP contribution is 2.46. The van der Waals surface area contributed by atoms with Crippen LogP contribution in [0.25, 0.3) is 11.1 Å². The minimum absolute atomic E-state index is 0.0507. The number of alkyl halides is 3. The van der Waals surface area contributed by atoms with Crippen LogP contribution in [0.4, 0.5) is 18.0 Å². The minimum atomic E-state index is -4.65. The summed E-state index contributed by atoms with van der Waals surface area (Å²) >= 11 is 0. The maximum absolute atomic E-state index is 12.9. The maximum Gasteiger partial charge on any atom is 0.417 e. The Morgan fingerprint density at radius 3 is 2.24 bits per heavy atom. The molecule has 4 nitrogen and oxygen atoms in total. The topological polar surface area (TPSA) is 58.6 Å². The summed E-state index contributed by atoms with van der Waals surface area (Å²) in [4.78, 5) is 12.1. The first-order valence-corrected chi connectivity index (χ1v) is 9.66. The van der Waals surface area contributed by atoms with E-state index in [0.29, 0.717) is 0 Å². The van der Waals surface area contributed by atoms with Crippen LogP contribution in [-0.4, -0.2) is 36.1 Å². The van der Waals surface area contributed by atoms with Gasteiger partial charge in [0.2, 0.25) is 0 Å². The van der Waals surface area contributed by atoms with Gasteiger partial charge in [-0.3, -0.25) is 0 Å². The van der Waals surface area contributed by atoms with Gasteiger partial charge in [0, 0.05) is 12.5 Å². The fourth-order valence-corrected chi connectivity index (χ4v) is 4.43. The van der Waals surface area contributed by atoms with E-state index < -0.39 is 30.2 Å². The molecular formula is C22H22F3NO3. The lowest BCUT2D eigenvalue weighted by Gasteiger charge is -2.25. The molecule has 1 amide bonds. The third-order valence-electron chi connectivity index (χ3n) is 6.00. The number of carbonyl (C=O) groups excluding carboxylic acids is 1. The summed E-state index contributed by atoms with van der Waals surface area (Å²) in [5.41, 5.74) is 1.77. The first kappa shape index (κ1) is 19.8. The highest BCUT2D eigenvalue weighted by Gasteiger charge is 2.57. The fourth-order valence-electron chi connectivity index (χ4n) is 4.43. The van der Waals surface area contributed by atoms with Crippen LogP contribution in [-0.2, 0) is 4.74 Å². The molecule has 0 bridgehead atoms. The van der Waals surface area contributed by atoms with Gasteiger partial charge in [0.05, 0.1) is 0 Å². The number of ether oxygens (including phenoxy) is 1. The largest absolute Gasteiger partial charge is 0.449 e. The molecule has 2 aliphatic rings. The molecule has 0 aromatic heterocycles. The molecule has 1 saturated carbocycles. The molecule has 7 heteroatoms. The number of halogens is 3. The van der Waals surface area contributed by atoms with Gasteiger partial charge in [0.25, 0.3) is 0 Å². The van der Waals surface area contributed by atoms with E-state index in [4.69, 9.17) is 4.74 Å². The second kappa shape index (κ2) is 7.37. The van der Waals surface area contributed by atoms with E-state index in [-0.39, 0.29) is 31.9 Å². The van der Waals surface area contributed by atoms with E-state index in [1.54, 1.807) is 0 Å².